The molecular formula is C12H21N3O. The zero-order chi connectivity index (χ0) is 11.5. The summed E-state index contributed by atoms with van der Waals surface area (Å²) in [6, 6.07) is 0.485. The highest BCUT2D eigenvalue weighted by molar-refractivity contribution is 4.97. The molecule has 3 unspecified atom stereocenters. The third-order valence-corrected chi connectivity index (χ3v) is 3.66. The van der Waals surface area contributed by atoms with E-state index in [4.69, 9.17) is 0 Å². The normalized spacial score (nSPS) is 27.9. The van der Waals surface area contributed by atoms with E-state index in [0.717, 1.165) is 5.92 Å². The summed E-state index contributed by atoms with van der Waals surface area (Å²) in [6.07, 6.45) is 7.68. The second kappa shape index (κ2) is 4.95. The molecule has 0 bridgehead atoms. The smallest absolute Gasteiger partial charge is 0.111 e. The fourth-order valence-electron chi connectivity index (χ4n) is 2.53. The van der Waals surface area contributed by atoms with Crippen LogP contribution in [-0.2, 0) is 0 Å². The van der Waals surface area contributed by atoms with E-state index in [0.29, 0.717) is 11.7 Å². The van der Waals surface area contributed by atoms with Crippen molar-refractivity contribution in [1.82, 2.24) is 15.0 Å². The van der Waals surface area contributed by atoms with Gasteiger partial charge in [-0.15, -0.1) is 5.10 Å². The Morgan fingerprint density at radius 2 is 2.38 bits per heavy atom. The molecule has 16 heavy (non-hydrogen) atoms. The van der Waals surface area contributed by atoms with Gasteiger partial charge in [0.1, 0.15) is 5.69 Å². The summed E-state index contributed by atoms with van der Waals surface area (Å²) in [4.78, 5) is 0. The van der Waals surface area contributed by atoms with Crippen LogP contribution in [0, 0.1) is 5.92 Å². The number of hydrogen-bond acceptors (Lipinski definition) is 3. The van der Waals surface area contributed by atoms with Crippen LogP contribution in [0.1, 0.15) is 63.8 Å². The lowest BCUT2D eigenvalue weighted by molar-refractivity contribution is 0.194. The Hall–Kier alpha value is -0.900. The van der Waals surface area contributed by atoms with E-state index < -0.39 is 6.10 Å². The van der Waals surface area contributed by atoms with Crippen LogP contribution in [0.3, 0.4) is 0 Å². The van der Waals surface area contributed by atoms with Gasteiger partial charge in [0.2, 0.25) is 0 Å². The van der Waals surface area contributed by atoms with Crippen molar-refractivity contribution in [1.29, 1.82) is 0 Å². The molecule has 2 rings (SSSR count). The van der Waals surface area contributed by atoms with E-state index in [-0.39, 0.29) is 0 Å². The third kappa shape index (κ3) is 2.43. The maximum atomic E-state index is 9.42. The Labute approximate surface area is 96.7 Å². The lowest BCUT2D eigenvalue weighted by atomic mass is 9.84. The number of aromatic nitrogens is 3. The minimum Gasteiger partial charge on any atom is -0.387 e. The van der Waals surface area contributed by atoms with Crippen molar-refractivity contribution in [2.75, 3.05) is 0 Å². The van der Waals surface area contributed by atoms with Gasteiger partial charge in [-0.05, 0) is 25.7 Å². The molecule has 0 spiro atoms. The quantitative estimate of drug-likeness (QED) is 0.856. The predicted molar refractivity (Wildman–Crippen MR) is 61.9 cm³/mol. The summed E-state index contributed by atoms with van der Waals surface area (Å²) in [5.74, 6) is 0.831. The summed E-state index contributed by atoms with van der Waals surface area (Å²) in [5, 5.41) is 17.6. The lowest BCUT2D eigenvalue weighted by Gasteiger charge is -2.28. The Balaban J connectivity index is 2.05. The van der Waals surface area contributed by atoms with Crippen molar-refractivity contribution >= 4 is 0 Å². The summed E-state index contributed by atoms with van der Waals surface area (Å²) in [5.41, 5.74) is 0.679. The number of hydrogen-bond donors (Lipinski definition) is 1. The first-order valence-electron chi connectivity index (χ1n) is 6.30. The van der Waals surface area contributed by atoms with Crippen molar-refractivity contribution in [2.45, 2.75) is 58.1 Å². The first kappa shape index (κ1) is 11.6. The van der Waals surface area contributed by atoms with Crippen LogP contribution >= 0.6 is 0 Å². The molecule has 1 aromatic rings. The molecule has 1 saturated carbocycles. The van der Waals surface area contributed by atoms with Crippen LogP contribution in [0.25, 0.3) is 0 Å². The van der Waals surface area contributed by atoms with Gasteiger partial charge in [-0.2, -0.15) is 0 Å². The molecule has 1 aromatic heterocycles. The van der Waals surface area contributed by atoms with E-state index in [2.05, 4.69) is 17.2 Å². The summed E-state index contributed by atoms with van der Waals surface area (Å²) in [6.45, 7) is 3.99. The first-order chi connectivity index (χ1) is 7.70. The zero-order valence-electron chi connectivity index (χ0n) is 10.1. The van der Waals surface area contributed by atoms with Crippen LogP contribution in [0.5, 0.6) is 0 Å². The van der Waals surface area contributed by atoms with E-state index >= 15 is 0 Å². The van der Waals surface area contributed by atoms with E-state index in [1.54, 1.807) is 6.92 Å². The van der Waals surface area contributed by atoms with Gasteiger partial charge in [0.05, 0.1) is 18.3 Å². The van der Waals surface area contributed by atoms with E-state index in [9.17, 15) is 5.11 Å². The molecule has 1 aliphatic rings. The Morgan fingerprint density at radius 3 is 3.00 bits per heavy atom. The average molecular weight is 223 g/mol. The standard InChI is InChI=1S/C12H21N3O/c1-3-10-5-4-6-11(7-10)15-8-12(9(2)16)13-14-15/h8-11,16H,3-7H2,1-2H3. The predicted octanol–water partition coefficient (Wildman–Crippen LogP) is 2.47. The molecule has 3 atom stereocenters. The Kier molecular flexibility index (Phi) is 3.59. The molecule has 1 N–H and O–H groups in total. The number of rotatable bonds is 3. The van der Waals surface area contributed by atoms with Gasteiger partial charge in [0.15, 0.2) is 0 Å². The van der Waals surface area contributed by atoms with Gasteiger partial charge < -0.3 is 5.11 Å². The summed E-state index contributed by atoms with van der Waals surface area (Å²) < 4.78 is 1.95. The molecule has 0 amide bonds. The zero-order valence-corrected chi connectivity index (χ0v) is 10.1. The number of nitrogens with zero attached hydrogens (tertiary/aromatic N) is 3. The van der Waals surface area contributed by atoms with Gasteiger partial charge >= 0.3 is 0 Å². The van der Waals surface area contributed by atoms with Crippen molar-refractivity contribution in [3.63, 3.8) is 0 Å². The molecule has 0 aromatic carbocycles. The molecular weight excluding hydrogens is 202 g/mol. The van der Waals surface area contributed by atoms with Gasteiger partial charge in [0, 0.05) is 0 Å². The van der Waals surface area contributed by atoms with E-state index in [1.165, 1.54) is 32.1 Å². The highest BCUT2D eigenvalue weighted by Gasteiger charge is 2.23. The molecule has 1 aliphatic carbocycles. The van der Waals surface area contributed by atoms with E-state index in [1.807, 2.05) is 10.9 Å². The van der Waals surface area contributed by atoms with Crippen LogP contribution in [-0.4, -0.2) is 20.1 Å². The largest absolute Gasteiger partial charge is 0.387 e. The molecule has 1 fully saturated rings. The highest BCUT2D eigenvalue weighted by Crippen LogP contribution is 2.33. The minimum absolute atomic E-state index is 0.485. The number of aliphatic hydroxyl groups excluding tert-OH is 1. The van der Waals surface area contributed by atoms with Crippen LogP contribution in [0.4, 0.5) is 0 Å². The van der Waals surface area contributed by atoms with Crippen molar-refractivity contribution in [3.8, 4) is 0 Å². The lowest BCUT2D eigenvalue weighted by Crippen LogP contribution is -2.19. The molecule has 0 aliphatic heterocycles. The van der Waals surface area contributed by atoms with Crippen LogP contribution in [0.15, 0.2) is 6.20 Å². The Morgan fingerprint density at radius 1 is 1.56 bits per heavy atom. The van der Waals surface area contributed by atoms with Crippen LogP contribution in [0.2, 0.25) is 0 Å². The van der Waals surface area contributed by atoms with Gasteiger partial charge in [-0.25, -0.2) is 4.68 Å². The maximum Gasteiger partial charge on any atom is 0.111 e. The van der Waals surface area contributed by atoms with Gasteiger partial charge in [0.25, 0.3) is 0 Å². The monoisotopic (exact) mass is 223 g/mol. The second-order valence-corrected chi connectivity index (χ2v) is 4.89. The fourth-order valence-corrected chi connectivity index (χ4v) is 2.53. The maximum absolute atomic E-state index is 9.42. The fraction of sp³-hybridized carbons (Fsp3) is 0.833. The Bertz CT molecular complexity index is 335. The third-order valence-electron chi connectivity index (χ3n) is 3.66. The van der Waals surface area contributed by atoms with Crippen molar-refractivity contribution < 1.29 is 5.11 Å². The minimum atomic E-state index is -0.515. The first-order valence-corrected chi connectivity index (χ1v) is 6.30. The highest BCUT2D eigenvalue weighted by atomic mass is 16.3. The van der Waals surface area contributed by atoms with Crippen molar-refractivity contribution in [2.24, 2.45) is 5.92 Å². The molecule has 1 heterocycles. The second-order valence-electron chi connectivity index (χ2n) is 4.89. The summed E-state index contributed by atoms with van der Waals surface area (Å²) in [7, 11) is 0. The average Bonchev–Trinajstić information content (AvgIpc) is 2.78. The van der Waals surface area contributed by atoms with Gasteiger partial charge in [-0.3, -0.25) is 0 Å². The topological polar surface area (TPSA) is 50.9 Å². The summed E-state index contributed by atoms with van der Waals surface area (Å²) >= 11 is 0. The van der Waals surface area contributed by atoms with Crippen molar-refractivity contribution in [3.05, 3.63) is 11.9 Å². The molecule has 90 valence electrons. The molecule has 4 heteroatoms. The SMILES string of the molecule is CCC1CCCC(n2cc(C(C)O)nn2)C1. The molecule has 0 saturated heterocycles. The van der Waals surface area contributed by atoms with Gasteiger partial charge in [-0.1, -0.05) is 31.4 Å². The van der Waals surface area contributed by atoms with Crippen LogP contribution < -0.4 is 0 Å². The molecule has 4 nitrogen and oxygen atoms in total. The molecule has 0 radical (unpaired) electrons. The number of aliphatic hydroxyl groups is 1.